The normalized spacial score (nSPS) is 14.6. The Bertz CT molecular complexity index is 1540. The summed E-state index contributed by atoms with van der Waals surface area (Å²) in [5, 5.41) is 32.4. The topological polar surface area (TPSA) is 228 Å². The number of hydrogen-bond donors (Lipinski definition) is 3. The molecule has 0 amide bonds. The van der Waals surface area contributed by atoms with Gasteiger partial charge in [0.15, 0.2) is 13.0 Å². The molecule has 0 aromatic heterocycles. The SMILES string of the molecule is CN(C)C.[CH2+]C(=O)OC(CCCCC)C(O)C/C=C/CC(=O)OCC(COC(=O)C/C=C/CC(O)C(CCCCC)OC(=O)CN(C)CC)OC(=O)C/C=C/CC(O)C(CCCCC)OC(=O)CN(C)CC. The highest BCUT2D eigenvalue weighted by Crippen LogP contribution is 2.18. The smallest absolute Gasteiger partial charge is 0.461 e. The van der Waals surface area contributed by atoms with Crippen LogP contribution in [0.1, 0.15) is 150 Å². The third-order valence-corrected chi connectivity index (χ3v) is 10.9. The van der Waals surface area contributed by atoms with Crippen molar-refractivity contribution >= 4 is 35.8 Å². The highest BCUT2D eigenvalue weighted by molar-refractivity contribution is 5.74. The molecule has 0 saturated heterocycles. The maximum atomic E-state index is 13.0. The van der Waals surface area contributed by atoms with E-state index in [-0.39, 0.29) is 51.6 Å². The van der Waals surface area contributed by atoms with Crippen LogP contribution in [0.3, 0.4) is 0 Å². The first-order valence-corrected chi connectivity index (χ1v) is 26.1. The first kappa shape index (κ1) is 69.7. The minimum atomic E-state index is -1.18. The third kappa shape index (κ3) is 41.2. The number of rotatable bonds is 41. The van der Waals surface area contributed by atoms with E-state index in [9.17, 15) is 44.1 Å². The molecule has 0 aromatic carbocycles. The molecule has 7 unspecified atom stereocenters. The van der Waals surface area contributed by atoms with E-state index >= 15 is 0 Å². The minimum absolute atomic E-state index is 0.0941. The number of likely N-dealkylation sites (N-methyl/N-ethyl adjacent to an activating group) is 2. The molecule has 0 aromatic rings. The zero-order chi connectivity index (χ0) is 54.7. The van der Waals surface area contributed by atoms with Crippen molar-refractivity contribution in [3.8, 4) is 0 Å². The fourth-order valence-corrected chi connectivity index (χ4v) is 6.56. The number of hydrogen-bond acceptors (Lipinski definition) is 18. The zero-order valence-electron chi connectivity index (χ0n) is 45.8. The van der Waals surface area contributed by atoms with Crippen LogP contribution in [0.5, 0.6) is 0 Å². The Morgan fingerprint density at radius 2 is 0.778 bits per heavy atom. The van der Waals surface area contributed by atoms with Gasteiger partial charge in [-0.3, -0.25) is 33.8 Å². The summed E-state index contributed by atoms with van der Waals surface area (Å²) in [7, 11) is 9.60. The molecule has 3 N–H and O–H groups in total. The first-order chi connectivity index (χ1) is 34.2. The molecule has 18 heteroatoms. The second-order valence-electron chi connectivity index (χ2n) is 18.5. The molecule has 18 nitrogen and oxygen atoms in total. The summed E-state index contributed by atoms with van der Waals surface area (Å²) < 4.78 is 32.7. The number of carbonyl (C=O) groups excluding carboxylic acids is 6. The number of carbonyl (C=O) groups is 6. The molecular weight excluding hydrogens is 931 g/mol. The molecule has 72 heavy (non-hydrogen) atoms. The van der Waals surface area contributed by atoms with E-state index in [0.29, 0.717) is 32.4 Å². The standard InChI is InChI=1S/C51H87N2O15.C3H9N/c1-9-14-17-29-44(65-39(6)54)41(55)26-20-23-32-47(58)63-37-40(66-49(60)34-25-22-28-43(57)46(31-19-16-11-3)68-51(62)36-53(8)13-5)38-64-48(59)33-24-21-27-42(56)45(30-18-15-10-2)67-50(61)35-52(7)12-4;1-4(2)3/h20-25,40-46,55-57H,6,9-19,26-38H2,1-5,7-8H3;1-3H3/q+1;/b23-20+,24-21+,25-22+;. The maximum Gasteiger partial charge on any atom is 0.493 e. The Balaban J connectivity index is 0. The first-order valence-electron chi connectivity index (χ1n) is 26.1. The average Bonchev–Trinajstić information content (AvgIpc) is 3.32. The van der Waals surface area contributed by atoms with Crippen molar-refractivity contribution in [3.63, 3.8) is 0 Å². The molecule has 0 aliphatic rings. The summed E-state index contributed by atoms with van der Waals surface area (Å²) >= 11 is 0. The van der Waals surface area contributed by atoms with Crippen LogP contribution in [-0.4, -0.2) is 183 Å². The molecule has 0 aliphatic heterocycles. The third-order valence-electron chi connectivity index (χ3n) is 10.9. The number of unbranched alkanes of at least 4 members (excludes halogenated alkanes) is 6. The van der Waals surface area contributed by atoms with Gasteiger partial charge in [-0.15, -0.1) is 0 Å². The van der Waals surface area contributed by atoms with Crippen LogP contribution < -0.4 is 0 Å². The van der Waals surface area contributed by atoms with E-state index < -0.39 is 91.8 Å². The van der Waals surface area contributed by atoms with E-state index in [1.54, 1.807) is 42.1 Å². The second kappa shape index (κ2) is 45.3. The van der Waals surface area contributed by atoms with Gasteiger partial charge in [0.1, 0.15) is 31.5 Å². The van der Waals surface area contributed by atoms with Gasteiger partial charge in [-0.2, -0.15) is 4.79 Å². The van der Waals surface area contributed by atoms with Gasteiger partial charge in [0.25, 0.3) is 0 Å². The Hall–Kier alpha value is -4.33. The van der Waals surface area contributed by atoms with E-state index in [1.165, 1.54) is 18.2 Å². The summed E-state index contributed by atoms with van der Waals surface area (Å²) in [6, 6.07) is 0. The second-order valence-corrected chi connectivity index (χ2v) is 18.5. The molecule has 0 rings (SSSR count). The van der Waals surface area contributed by atoms with Crippen LogP contribution >= 0.6 is 0 Å². The molecular formula is C54H96N3O15+. The number of aliphatic hydroxyl groups excluding tert-OH is 3. The maximum absolute atomic E-state index is 13.0. The van der Waals surface area contributed by atoms with E-state index in [0.717, 1.165) is 57.8 Å². The quantitative estimate of drug-likeness (QED) is 0.0196. The predicted octanol–water partition coefficient (Wildman–Crippen LogP) is 6.47. The molecule has 0 heterocycles. The van der Waals surface area contributed by atoms with Gasteiger partial charge in [0, 0.05) is 0 Å². The van der Waals surface area contributed by atoms with E-state index in [1.807, 2.05) is 46.8 Å². The Labute approximate surface area is 432 Å². The highest BCUT2D eigenvalue weighted by atomic mass is 16.6. The van der Waals surface area contributed by atoms with Crippen LogP contribution in [-0.2, 0) is 57.2 Å². The van der Waals surface area contributed by atoms with Crippen molar-refractivity contribution in [1.29, 1.82) is 0 Å². The Morgan fingerprint density at radius 1 is 0.458 bits per heavy atom. The monoisotopic (exact) mass is 1030 g/mol. The molecule has 0 radical (unpaired) electrons. The Kier molecular flexibility index (Phi) is 43.9. The summed E-state index contributed by atoms with van der Waals surface area (Å²) in [6.07, 6.45) is 12.1. The number of esters is 6. The van der Waals surface area contributed by atoms with E-state index in [2.05, 4.69) is 20.8 Å². The van der Waals surface area contributed by atoms with Crippen LogP contribution in [0.4, 0.5) is 0 Å². The minimum Gasteiger partial charge on any atom is -0.461 e. The fraction of sp³-hybridized carbons (Fsp3) is 0.759. The molecule has 0 aliphatic carbocycles. The van der Waals surface area contributed by atoms with Gasteiger partial charge < -0.3 is 48.6 Å². The molecule has 0 spiro atoms. The molecule has 7 atom stereocenters. The number of nitrogens with zero attached hydrogens (tertiary/aromatic N) is 3. The van der Waals surface area contributed by atoms with Crippen LogP contribution in [0.15, 0.2) is 36.5 Å². The summed E-state index contributed by atoms with van der Waals surface area (Å²) in [5.74, 6) is -3.69. The zero-order valence-corrected chi connectivity index (χ0v) is 45.8. The highest BCUT2D eigenvalue weighted by Gasteiger charge is 2.26. The lowest BCUT2D eigenvalue weighted by atomic mass is 10.0. The fourth-order valence-electron chi connectivity index (χ4n) is 6.56. The largest absolute Gasteiger partial charge is 0.493 e. The van der Waals surface area contributed by atoms with Crippen LogP contribution in [0.2, 0.25) is 0 Å². The summed E-state index contributed by atoms with van der Waals surface area (Å²) in [5.41, 5.74) is 0. The van der Waals surface area contributed by atoms with Crippen molar-refractivity contribution < 1.29 is 72.5 Å². The molecule has 0 fully saturated rings. The van der Waals surface area contributed by atoms with Crippen molar-refractivity contribution in [1.82, 2.24) is 14.7 Å². The van der Waals surface area contributed by atoms with Gasteiger partial charge >= 0.3 is 35.8 Å². The van der Waals surface area contributed by atoms with Gasteiger partial charge in [-0.1, -0.05) is 110 Å². The Morgan fingerprint density at radius 3 is 1.08 bits per heavy atom. The molecule has 0 bridgehead atoms. The lowest BCUT2D eigenvalue weighted by molar-refractivity contribution is -0.165. The lowest BCUT2D eigenvalue weighted by Gasteiger charge is -2.24. The van der Waals surface area contributed by atoms with Crippen molar-refractivity contribution in [2.75, 3.05) is 74.6 Å². The van der Waals surface area contributed by atoms with E-state index in [4.69, 9.17) is 28.4 Å². The van der Waals surface area contributed by atoms with Crippen molar-refractivity contribution in [3.05, 3.63) is 43.4 Å². The van der Waals surface area contributed by atoms with Crippen molar-refractivity contribution in [2.24, 2.45) is 0 Å². The molecule has 0 saturated carbocycles. The van der Waals surface area contributed by atoms with Gasteiger partial charge in [-0.25, -0.2) is 0 Å². The van der Waals surface area contributed by atoms with Crippen LogP contribution in [0.25, 0.3) is 0 Å². The number of aliphatic hydroxyl groups is 3. The van der Waals surface area contributed by atoms with Gasteiger partial charge in [0.05, 0.1) is 50.7 Å². The number of ether oxygens (including phenoxy) is 6. The lowest BCUT2D eigenvalue weighted by Crippen LogP contribution is -2.35. The van der Waals surface area contributed by atoms with Crippen molar-refractivity contribution in [2.45, 2.75) is 193 Å². The predicted molar refractivity (Wildman–Crippen MR) is 278 cm³/mol. The average molecular weight is 1030 g/mol. The summed E-state index contributed by atoms with van der Waals surface area (Å²) in [6.45, 7) is 13.8. The van der Waals surface area contributed by atoms with Crippen LogP contribution in [0, 0.1) is 6.92 Å². The summed E-state index contributed by atoms with van der Waals surface area (Å²) in [4.78, 5) is 80.5. The molecule has 416 valence electrons. The van der Waals surface area contributed by atoms with Gasteiger partial charge in [-0.05, 0) is 106 Å². The van der Waals surface area contributed by atoms with Gasteiger partial charge in [0.2, 0.25) is 0 Å².